The van der Waals surface area contributed by atoms with Gasteiger partial charge in [-0.3, -0.25) is 24.1 Å². The molecule has 16 heteroatoms. The molecule has 1 saturated carbocycles. The van der Waals surface area contributed by atoms with Crippen LogP contribution in [0.1, 0.15) is 106 Å². The number of rotatable bonds is 30. The molecule has 0 saturated heterocycles. The van der Waals surface area contributed by atoms with Gasteiger partial charge in [0, 0.05) is 57.6 Å². The topological polar surface area (TPSA) is 197 Å². The maximum absolute atomic E-state index is 13.5. The Bertz CT molecular complexity index is 1000. The minimum absolute atomic E-state index is 0. The van der Waals surface area contributed by atoms with E-state index in [1.165, 1.54) is 0 Å². The minimum Gasteiger partial charge on any atom is -0.778 e. The van der Waals surface area contributed by atoms with Crippen molar-refractivity contribution in [1.82, 2.24) is 26.2 Å². The molecule has 52 heavy (non-hydrogen) atoms. The lowest BCUT2D eigenvalue weighted by Gasteiger charge is -2.35. The molecule has 2 unspecified atom stereocenters. The highest BCUT2D eigenvalue weighted by atomic mass is 31.2. The molecule has 0 bridgehead atoms. The average molecular weight is 765 g/mol. The van der Waals surface area contributed by atoms with Crippen LogP contribution in [0.3, 0.4) is 0 Å². The molecule has 0 radical (unpaired) electrons. The third kappa shape index (κ3) is 22.8. The van der Waals surface area contributed by atoms with Gasteiger partial charge in [-0.2, -0.15) is 0 Å². The molecule has 1 aliphatic rings. The number of nitrogens with zero attached hydrogens (tertiary/aromatic N) is 1. The fraction of sp³-hybridized carbons (Fsp3) is 0.889. The zero-order chi connectivity index (χ0) is 37.9. The Kier molecular flexibility index (Phi) is 29.0. The fourth-order valence-corrected chi connectivity index (χ4v) is 6.31. The van der Waals surface area contributed by atoms with E-state index in [2.05, 4.69) is 21.3 Å². The summed E-state index contributed by atoms with van der Waals surface area (Å²) in [4.78, 5) is 66.1. The number of carbonyl (C=O) groups is 4. The summed E-state index contributed by atoms with van der Waals surface area (Å²) >= 11 is 0. The van der Waals surface area contributed by atoms with Gasteiger partial charge in [0.25, 0.3) is 0 Å². The standard InChI is InChI=1S/C35H68N5O10P.CH4/c1-6-20-47-23-17-36-32(41)26-40(27-33(42)37-18-24-48-21-7-2)31(35(44)39-19-25-49-22-8-3)11-9-10-16-38-34(43)29-12-14-30(15-13-29)50-51(45,46)28(4)5;/h28-31H,6-27H2,1-5H3,(H,36,41)(H,37,42)(H,38,43)(H,39,44)(H,45,46);1H4/p-1. The maximum atomic E-state index is 13.5. The third-order valence-corrected chi connectivity index (χ3v) is 10.2. The van der Waals surface area contributed by atoms with Crippen molar-refractivity contribution < 1.29 is 47.4 Å². The van der Waals surface area contributed by atoms with Gasteiger partial charge in [-0.1, -0.05) is 42.0 Å². The second-order valence-electron chi connectivity index (χ2n) is 13.2. The van der Waals surface area contributed by atoms with Crippen LogP contribution in [-0.2, 0) is 42.5 Å². The van der Waals surface area contributed by atoms with E-state index in [9.17, 15) is 28.6 Å². The third-order valence-electron chi connectivity index (χ3n) is 8.34. The molecule has 1 rings (SSSR count). The van der Waals surface area contributed by atoms with E-state index in [1.807, 2.05) is 20.8 Å². The van der Waals surface area contributed by atoms with Crippen LogP contribution in [0.4, 0.5) is 0 Å². The van der Waals surface area contributed by atoms with E-state index < -0.39 is 25.4 Å². The van der Waals surface area contributed by atoms with Gasteiger partial charge in [0.1, 0.15) is 7.60 Å². The van der Waals surface area contributed by atoms with Crippen molar-refractivity contribution in [3.63, 3.8) is 0 Å². The first-order valence-corrected chi connectivity index (χ1v) is 20.6. The molecule has 0 aromatic heterocycles. The highest BCUT2D eigenvalue weighted by Crippen LogP contribution is 2.46. The number of amides is 4. The highest BCUT2D eigenvalue weighted by molar-refractivity contribution is 7.52. The van der Waals surface area contributed by atoms with Gasteiger partial charge in [0.2, 0.25) is 23.6 Å². The van der Waals surface area contributed by atoms with E-state index in [0.717, 1.165) is 19.3 Å². The minimum atomic E-state index is -3.91. The summed E-state index contributed by atoms with van der Waals surface area (Å²) in [7, 11) is -3.91. The molecule has 0 aromatic rings. The quantitative estimate of drug-likeness (QED) is 0.0620. The summed E-state index contributed by atoms with van der Waals surface area (Å²) in [5.74, 6) is -1.25. The van der Waals surface area contributed by atoms with Gasteiger partial charge in [-0.25, -0.2) is 0 Å². The van der Waals surface area contributed by atoms with Crippen LogP contribution < -0.4 is 26.2 Å². The summed E-state index contributed by atoms with van der Waals surface area (Å²) < 4.78 is 33.9. The van der Waals surface area contributed by atoms with E-state index in [-0.39, 0.29) is 56.6 Å². The van der Waals surface area contributed by atoms with E-state index in [0.29, 0.717) is 104 Å². The molecule has 1 fully saturated rings. The monoisotopic (exact) mass is 764 g/mol. The van der Waals surface area contributed by atoms with E-state index in [1.54, 1.807) is 18.7 Å². The summed E-state index contributed by atoms with van der Waals surface area (Å²) in [5.41, 5.74) is -0.587. The van der Waals surface area contributed by atoms with E-state index in [4.69, 9.17) is 18.7 Å². The first-order valence-electron chi connectivity index (χ1n) is 19.0. The molecule has 0 aliphatic heterocycles. The largest absolute Gasteiger partial charge is 0.778 e. The van der Waals surface area contributed by atoms with Crippen LogP contribution in [0, 0.1) is 5.92 Å². The number of hydrogen-bond donors (Lipinski definition) is 4. The summed E-state index contributed by atoms with van der Waals surface area (Å²) in [6.45, 7) is 13.0. The number of ether oxygens (including phenoxy) is 3. The Morgan fingerprint density at radius 1 is 0.712 bits per heavy atom. The molecular formula is C36H71N5O10P-. The zero-order valence-corrected chi connectivity index (χ0v) is 32.7. The summed E-state index contributed by atoms with van der Waals surface area (Å²) in [6, 6.07) is -0.783. The second kappa shape index (κ2) is 30.2. The van der Waals surface area contributed by atoms with Crippen LogP contribution in [-0.4, -0.2) is 125 Å². The molecular weight excluding hydrogens is 693 g/mol. The van der Waals surface area contributed by atoms with Gasteiger partial charge in [0.15, 0.2) is 0 Å². The van der Waals surface area contributed by atoms with Crippen molar-refractivity contribution in [2.75, 3.05) is 78.9 Å². The number of carbonyl (C=O) groups excluding carboxylic acids is 4. The van der Waals surface area contributed by atoms with Crippen molar-refractivity contribution in [3.8, 4) is 0 Å². The number of nitrogens with one attached hydrogen (secondary N) is 4. The average Bonchev–Trinajstić information content (AvgIpc) is 3.09. The van der Waals surface area contributed by atoms with Crippen LogP contribution in [0.25, 0.3) is 0 Å². The molecule has 306 valence electrons. The maximum Gasteiger partial charge on any atom is 0.237 e. The molecule has 2 atom stereocenters. The van der Waals surface area contributed by atoms with Crippen LogP contribution in [0.5, 0.6) is 0 Å². The molecule has 0 aromatic carbocycles. The van der Waals surface area contributed by atoms with Gasteiger partial charge in [0.05, 0.1) is 45.1 Å². The van der Waals surface area contributed by atoms with Crippen LogP contribution in [0.15, 0.2) is 0 Å². The molecule has 15 nitrogen and oxygen atoms in total. The zero-order valence-electron chi connectivity index (χ0n) is 31.8. The van der Waals surface area contributed by atoms with E-state index >= 15 is 0 Å². The Labute approximate surface area is 313 Å². The Balaban J connectivity index is 0.0000260. The van der Waals surface area contributed by atoms with Crippen molar-refractivity contribution in [3.05, 3.63) is 0 Å². The van der Waals surface area contributed by atoms with Crippen molar-refractivity contribution in [2.45, 2.75) is 124 Å². The lowest BCUT2D eigenvalue weighted by atomic mass is 9.87. The molecule has 0 heterocycles. The SMILES string of the molecule is C.CCCOCCNC(=O)CN(CC(=O)NCCOCCC)C(CCCCNC(=O)C1CCC(OP(=O)([O-])C(C)C)CC1)C(=O)NCCOCCC. The Morgan fingerprint density at radius 3 is 1.65 bits per heavy atom. The fourth-order valence-electron chi connectivity index (χ4n) is 5.44. The number of hydrogen-bond acceptors (Lipinski definition) is 11. The van der Waals surface area contributed by atoms with Crippen LogP contribution >= 0.6 is 7.60 Å². The predicted octanol–water partition coefficient (Wildman–Crippen LogP) is 2.75. The Hall–Kier alpha value is -2.13. The Morgan fingerprint density at radius 2 is 1.19 bits per heavy atom. The number of unbranched alkanes of at least 4 members (excludes halogenated alkanes) is 1. The first kappa shape index (κ1) is 49.9. The lowest BCUT2D eigenvalue weighted by molar-refractivity contribution is -0.205. The normalized spacial score (nSPS) is 17.5. The van der Waals surface area contributed by atoms with Crippen molar-refractivity contribution in [2.24, 2.45) is 5.92 Å². The molecule has 1 aliphatic carbocycles. The smallest absolute Gasteiger partial charge is 0.237 e. The van der Waals surface area contributed by atoms with Crippen molar-refractivity contribution in [1.29, 1.82) is 0 Å². The van der Waals surface area contributed by atoms with Gasteiger partial charge in [-0.05, 0) is 64.2 Å². The first-order chi connectivity index (χ1) is 24.4. The van der Waals surface area contributed by atoms with Crippen LogP contribution in [0.2, 0.25) is 0 Å². The second-order valence-corrected chi connectivity index (χ2v) is 15.6. The predicted molar refractivity (Wildman–Crippen MR) is 201 cm³/mol. The summed E-state index contributed by atoms with van der Waals surface area (Å²) in [6.07, 6.45) is 5.80. The molecule has 0 spiro atoms. The van der Waals surface area contributed by atoms with Gasteiger partial charge >= 0.3 is 0 Å². The lowest BCUT2D eigenvalue weighted by Crippen LogP contribution is -2.54. The van der Waals surface area contributed by atoms with Crippen molar-refractivity contribution >= 4 is 31.2 Å². The van der Waals surface area contributed by atoms with Gasteiger partial charge < -0.3 is 49.5 Å². The summed E-state index contributed by atoms with van der Waals surface area (Å²) in [5, 5.41) is 11.5. The molecule has 4 N–H and O–H groups in total. The van der Waals surface area contributed by atoms with Gasteiger partial charge in [-0.15, -0.1) is 0 Å². The highest BCUT2D eigenvalue weighted by Gasteiger charge is 2.31. The molecule has 4 amide bonds.